The first-order chi connectivity index (χ1) is 8.52. The number of aromatic carboxylic acids is 1. The quantitative estimate of drug-likeness (QED) is 0.935. The molecule has 0 aliphatic heterocycles. The lowest BCUT2D eigenvalue weighted by atomic mass is 10.1. The summed E-state index contributed by atoms with van der Waals surface area (Å²) in [6, 6.07) is 5.55. The predicted molar refractivity (Wildman–Crippen MR) is 73.5 cm³/mol. The van der Waals surface area contributed by atoms with E-state index in [4.69, 9.17) is 9.84 Å². The van der Waals surface area contributed by atoms with Crippen LogP contribution >= 0.6 is 27.3 Å². The van der Waals surface area contributed by atoms with E-state index < -0.39 is 5.97 Å². The molecule has 0 radical (unpaired) electrons. The van der Waals surface area contributed by atoms with E-state index in [-0.39, 0.29) is 5.69 Å². The fourth-order valence-corrected chi connectivity index (χ4v) is 3.10. The Morgan fingerprint density at radius 3 is 2.78 bits per heavy atom. The van der Waals surface area contributed by atoms with E-state index in [1.807, 2.05) is 25.1 Å². The van der Waals surface area contributed by atoms with Crippen molar-refractivity contribution in [3.05, 3.63) is 33.4 Å². The largest absolute Gasteiger partial charge is 0.496 e. The third kappa shape index (κ3) is 2.39. The molecule has 1 aromatic carbocycles. The highest BCUT2D eigenvalue weighted by Crippen LogP contribution is 2.35. The van der Waals surface area contributed by atoms with Gasteiger partial charge in [0.2, 0.25) is 0 Å². The second-order valence-electron chi connectivity index (χ2n) is 3.63. The van der Waals surface area contributed by atoms with Crippen LogP contribution in [0.1, 0.15) is 16.1 Å². The summed E-state index contributed by atoms with van der Waals surface area (Å²) in [5, 5.41) is 9.11. The summed E-state index contributed by atoms with van der Waals surface area (Å²) >= 11 is 4.52. The molecule has 94 valence electrons. The molecular weight excluding hydrogens is 318 g/mol. The van der Waals surface area contributed by atoms with Gasteiger partial charge in [0.1, 0.15) is 5.75 Å². The number of carbonyl (C=O) groups is 1. The van der Waals surface area contributed by atoms with Crippen molar-refractivity contribution < 1.29 is 14.6 Å². The second-order valence-corrected chi connectivity index (χ2v) is 5.91. The maximum atomic E-state index is 11.1. The number of rotatable bonds is 3. The number of carboxylic acid groups (broad SMARTS) is 1. The lowest BCUT2D eigenvalue weighted by Gasteiger charge is -2.06. The molecule has 1 N–H and O–H groups in total. The Balaban J connectivity index is 2.55. The van der Waals surface area contributed by atoms with E-state index in [9.17, 15) is 4.79 Å². The summed E-state index contributed by atoms with van der Waals surface area (Å²) in [4.78, 5) is 15.7. The molecule has 18 heavy (non-hydrogen) atoms. The number of aromatic nitrogens is 1. The standard InChI is InChI=1S/C12H10BrNO3S/c1-6-5-7(3-4-8(6)17-2)10-9(11(15)16)14-12(13)18-10/h3-5H,1-2H3,(H,15,16). The number of halogens is 1. The van der Waals surface area contributed by atoms with Crippen LogP contribution < -0.4 is 4.74 Å². The SMILES string of the molecule is COc1ccc(-c2sc(Br)nc2C(=O)O)cc1C. The molecule has 0 aliphatic carbocycles. The molecule has 1 heterocycles. The van der Waals surface area contributed by atoms with Crippen LogP contribution in [-0.2, 0) is 0 Å². The summed E-state index contributed by atoms with van der Waals surface area (Å²) in [6.45, 7) is 1.92. The molecule has 0 fully saturated rings. The zero-order valence-electron chi connectivity index (χ0n) is 9.73. The van der Waals surface area contributed by atoms with E-state index >= 15 is 0 Å². The van der Waals surface area contributed by atoms with Crippen LogP contribution in [0.4, 0.5) is 0 Å². The first-order valence-electron chi connectivity index (χ1n) is 5.07. The number of hydrogen-bond donors (Lipinski definition) is 1. The Bertz CT molecular complexity index is 609. The molecular formula is C12H10BrNO3S. The number of benzene rings is 1. The fourth-order valence-electron chi connectivity index (χ4n) is 1.65. The van der Waals surface area contributed by atoms with E-state index in [1.165, 1.54) is 11.3 Å². The number of nitrogens with zero attached hydrogens (tertiary/aromatic N) is 1. The summed E-state index contributed by atoms with van der Waals surface area (Å²) < 4.78 is 5.74. The van der Waals surface area contributed by atoms with E-state index in [0.717, 1.165) is 16.9 Å². The molecule has 0 spiro atoms. The van der Waals surface area contributed by atoms with Crippen molar-refractivity contribution in [1.82, 2.24) is 4.98 Å². The predicted octanol–water partition coefficient (Wildman–Crippen LogP) is 3.59. The summed E-state index contributed by atoms with van der Waals surface area (Å²) in [5.41, 5.74) is 1.85. The van der Waals surface area contributed by atoms with Gasteiger partial charge in [0, 0.05) is 0 Å². The molecule has 0 bridgehead atoms. The van der Waals surface area contributed by atoms with E-state index in [1.54, 1.807) is 7.11 Å². The Labute approximate surface area is 116 Å². The molecule has 4 nitrogen and oxygen atoms in total. The van der Waals surface area contributed by atoms with Gasteiger partial charge in [-0.2, -0.15) is 0 Å². The minimum Gasteiger partial charge on any atom is -0.496 e. The van der Waals surface area contributed by atoms with Crippen molar-refractivity contribution in [1.29, 1.82) is 0 Å². The molecule has 2 rings (SSSR count). The zero-order valence-corrected chi connectivity index (χ0v) is 12.1. The highest BCUT2D eigenvalue weighted by Gasteiger charge is 2.18. The van der Waals surface area contributed by atoms with Crippen LogP contribution in [-0.4, -0.2) is 23.2 Å². The normalized spacial score (nSPS) is 10.4. The van der Waals surface area contributed by atoms with Gasteiger partial charge in [-0.1, -0.05) is 0 Å². The van der Waals surface area contributed by atoms with Crippen LogP contribution in [0, 0.1) is 6.92 Å². The summed E-state index contributed by atoms with van der Waals surface area (Å²) in [6.07, 6.45) is 0. The molecule has 0 amide bonds. The number of carboxylic acids is 1. The van der Waals surface area contributed by atoms with Crippen LogP contribution in [0.2, 0.25) is 0 Å². The van der Waals surface area contributed by atoms with E-state index in [2.05, 4.69) is 20.9 Å². The first kappa shape index (κ1) is 13.0. The van der Waals surface area contributed by atoms with Crippen molar-refractivity contribution >= 4 is 33.2 Å². The number of ether oxygens (including phenoxy) is 1. The number of thiazole rings is 1. The molecule has 0 atom stereocenters. The molecule has 0 unspecified atom stereocenters. The van der Waals surface area contributed by atoms with Gasteiger partial charge >= 0.3 is 5.97 Å². The highest BCUT2D eigenvalue weighted by atomic mass is 79.9. The third-order valence-corrected chi connectivity index (χ3v) is 4.02. The van der Waals surface area contributed by atoms with Gasteiger partial charge in [0.15, 0.2) is 9.61 Å². The topological polar surface area (TPSA) is 59.4 Å². The van der Waals surface area contributed by atoms with Gasteiger partial charge in [0.05, 0.1) is 12.0 Å². The van der Waals surface area contributed by atoms with Gasteiger partial charge in [-0.25, -0.2) is 9.78 Å². The summed E-state index contributed by atoms with van der Waals surface area (Å²) in [7, 11) is 1.61. The number of aryl methyl sites for hydroxylation is 1. The molecule has 0 saturated heterocycles. The molecule has 0 saturated carbocycles. The zero-order chi connectivity index (χ0) is 13.3. The van der Waals surface area contributed by atoms with Gasteiger partial charge < -0.3 is 9.84 Å². The Kier molecular flexibility index (Phi) is 3.68. The Morgan fingerprint density at radius 2 is 2.22 bits per heavy atom. The number of hydrogen-bond acceptors (Lipinski definition) is 4. The van der Waals surface area contributed by atoms with Crippen molar-refractivity contribution in [3.63, 3.8) is 0 Å². The first-order valence-corrected chi connectivity index (χ1v) is 6.68. The maximum Gasteiger partial charge on any atom is 0.356 e. The van der Waals surface area contributed by atoms with Crippen molar-refractivity contribution in [2.75, 3.05) is 7.11 Å². The lowest BCUT2D eigenvalue weighted by Crippen LogP contribution is -1.98. The van der Waals surface area contributed by atoms with Gasteiger partial charge in [-0.15, -0.1) is 11.3 Å². The Hall–Kier alpha value is -1.40. The van der Waals surface area contributed by atoms with Crippen LogP contribution in [0.25, 0.3) is 10.4 Å². The monoisotopic (exact) mass is 327 g/mol. The van der Waals surface area contributed by atoms with E-state index in [0.29, 0.717) is 8.79 Å². The van der Waals surface area contributed by atoms with Crippen LogP contribution in [0.15, 0.2) is 22.1 Å². The molecule has 6 heteroatoms. The lowest BCUT2D eigenvalue weighted by molar-refractivity contribution is 0.0692. The van der Waals surface area contributed by atoms with Gasteiger partial charge in [-0.05, 0) is 52.2 Å². The van der Waals surface area contributed by atoms with Gasteiger partial charge in [0.25, 0.3) is 0 Å². The fraction of sp³-hybridized carbons (Fsp3) is 0.167. The van der Waals surface area contributed by atoms with Crippen molar-refractivity contribution in [3.8, 4) is 16.2 Å². The average Bonchev–Trinajstić information content (AvgIpc) is 2.71. The minimum atomic E-state index is -1.03. The molecule has 1 aromatic heterocycles. The van der Waals surface area contributed by atoms with Crippen LogP contribution in [0.5, 0.6) is 5.75 Å². The number of methoxy groups -OCH3 is 1. The smallest absolute Gasteiger partial charge is 0.356 e. The highest BCUT2D eigenvalue weighted by molar-refractivity contribution is 9.11. The maximum absolute atomic E-state index is 11.1. The molecule has 2 aromatic rings. The van der Waals surface area contributed by atoms with Crippen molar-refractivity contribution in [2.24, 2.45) is 0 Å². The third-order valence-electron chi connectivity index (χ3n) is 2.46. The Morgan fingerprint density at radius 1 is 1.50 bits per heavy atom. The second kappa shape index (κ2) is 5.07. The van der Waals surface area contributed by atoms with Gasteiger partial charge in [-0.3, -0.25) is 0 Å². The van der Waals surface area contributed by atoms with Crippen LogP contribution in [0.3, 0.4) is 0 Å². The average molecular weight is 328 g/mol. The molecule has 0 aliphatic rings. The van der Waals surface area contributed by atoms with Crippen molar-refractivity contribution in [2.45, 2.75) is 6.92 Å². The summed E-state index contributed by atoms with van der Waals surface area (Å²) in [5.74, 6) is -0.250. The minimum absolute atomic E-state index is 0.0661.